The Labute approximate surface area is 83.1 Å². The second-order valence-electron chi connectivity index (χ2n) is 2.76. The van der Waals surface area contributed by atoms with Crippen LogP contribution in [0.3, 0.4) is 0 Å². The maximum Gasteiger partial charge on any atom is 0.0712 e. The van der Waals surface area contributed by atoms with Crippen LogP contribution >= 0.6 is 11.8 Å². The minimum Gasteiger partial charge on any atom is -0.322 e. The van der Waals surface area contributed by atoms with Crippen molar-refractivity contribution < 1.29 is 0 Å². The van der Waals surface area contributed by atoms with Crippen LogP contribution in [0.4, 0.5) is 5.69 Å². The third-order valence-electron chi connectivity index (χ3n) is 1.82. The zero-order valence-corrected chi connectivity index (χ0v) is 8.82. The molecule has 72 valence electrons. The van der Waals surface area contributed by atoms with Gasteiger partial charge in [0.2, 0.25) is 0 Å². The predicted molar refractivity (Wildman–Crippen MR) is 57.8 cm³/mol. The highest BCUT2D eigenvalue weighted by Crippen LogP contribution is 2.21. The van der Waals surface area contributed by atoms with E-state index in [9.17, 15) is 0 Å². The molecule has 0 saturated heterocycles. The molecule has 0 radical (unpaired) electrons. The monoisotopic (exact) mass is 197 g/mol. The first-order valence-electron chi connectivity index (χ1n) is 4.31. The van der Waals surface area contributed by atoms with Gasteiger partial charge in [0, 0.05) is 11.1 Å². The fraction of sp³-hybridized carbons (Fsp3) is 0.444. The summed E-state index contributed by atoms with van der Waals surface area (Å²) in [5, 5.41) is 0. The molecular formula is C9H15N3S. The minimum absolute atomic E-state index is 0.939. The molecule has 0 aliphatic carbocycles. The molecule has 0 saturated carbocycles. The van der Waals surface area contributed by atoms with Gasteiger partial charge in [0.05, 0.1) is 11.4 Å². The molecule has 0 atom stereocenters. The molecule has 0 amide bonds. The van der Waals surface area contributed by atoms with E-state index in [-0.39, 0.29) is 0 Å². The van der Waals surface area contributed by atoms with Crippen molar-refractivity contribution in [3.8, 4) is 0 Å². The quantitative estimate of drug-likeness (QED) is 0.440. The average molecular weight is 197 g/mol. The largest absolute Gasteiger partial charge is 0.322 e. The smallest absolute Gasteiger partial charge is 0.0712 e. The molecule has 1 rings (SSSR count). The molecular weight excluding hydrogens is 182 g/mol. The summed E-state index contributed by atoms with van der Waals surface area (Å²) in [5.74, 6) is 5.41. The van der Waals surface area contributed by atoms with Crippen molar-refractivity contribution in [3.05, 3.63) is 18.0 Å². The summed E-state index contributed by atoms with van der Waals surface area (Å²) in [6.07, 6.45) is 5.96. The van der Waals surface area contributed by atoms with E-state index in [2.05, 4.69) is 17.3 Å². The SMILES string of the molecule is CCCc1ncc(SC)cc1NN. The summed E-state index contributed by atoms with van der Waals surface area (Å²) in [6.45, 7) is 2.13. The van der Waals surface area contributed by atoms with Crippen LogP contribution in [0.5, 0.6) is 0 Å². The van der Waals surface area contributed by atoms with Crippen molar-refractivity contribution in [1.82, 2.24) is 4.98 Å². The number of hydrazine groups is 1. The van der Waals surface area contributed by atoms with E-state index in [1.165, 1.54) is 0 Å². The van der Waals surface area contributed by atoms with E-state index in [1.54, 1.807) is 11.8 Å². The van der Waals surface area contributed by atoms with Crippen molar-refractivity contribution in [2.45, 2.75) is 24.7 Å². The van der Waals surface area contributed by atoms with Gasteiger partial charge in [-0.15, -0.1) is 11.8 Å². The first kappa shape index (κ1) is 10.3. The minimum atomic E-state index is 0.939. The summed E-state index contributed by atoms with van der Waals surface area (Å²) in [4.78, 5) is 5.48. The molecule has 13 heavy (non-hydrogen) atoms. The summed E-state index contributed by atoms with van der Waals surface area (Å²) < 4.78 is 0. The third-order valence-corrected chi connectivity index (χ3v) is 2.52. The van der Waals surface area contributed by atoms with Gasteiger partial charge >= 0.3 is 0 Å². The van der Waals surface area contributed by atoms with Crippen LogP contribution < -0.4 is 11.3 Å². The normalized spacial score (nSPS) is 10.1. The third kappa shape index (κ3) is 2.60. The first-order valence-corrected chi connectivity index (χ1v) is 5.53. The van der Waals surface area contributed by atoms with Gasteiger partial charge in [-0.2, -0.15) is 0 Å². The van der Waals surface area contributed by atoms with Crippen LogP contribution in [0.2, 0.25) is 0 Å². The number of nitrogens with one attached hydrogen (secondary N) is 1. The van der Waals surface area contributed by atoms with Crippen LogP contribution in [0.25, 0.3) is 0 Å². The maximum absolute atomic E-state index is 5.41. The number of thioether (sulfide) groups is 1. The van der Waals surface area contributed by atoms with Crippen LogP contribution in [-0.4, -0.2) is 11.2 Å². The zero-order valence-electron chi connectivity index (χ0n) is 8.00. The van der Waals surface area contributed by atoms with Crippen LogP contribution in [0.1, 0.15) is 19.0 Å². The van der Waals surface area contributed by atoms with Crippen molar-refractivity contribution in [2.75, 3.05) is 11.7 Å². The van der Waals surface area contributed by atoms with E-state index in [0.717, 1.165) is 29.1 Å². The lowest BCUT2D eigenvalue weighted by atomic mass is 10.2. The highest BCUT2D eigenvalue weighted by atomic mass is 32.2. The average Bonchev–Trinajstić information content (AvgIpc) is 2.19. The van der Waals surface area contributed by atoms with E-state index < -0.39 is 0 Å². The molecule has 0 unspecified atom stereocenters. The zero-order chi connectivity index (χ0) is 9.68. The lowest BCUT2D eigenvalue weighted by Crippen LogP contribution is -2.10. The summed E-state index contributed by atoms with van der Waals surface area (Å²) in [5.41, 5.74) is 4.66. The highest BCUT2D eigenvalue weighted by Gasteiger charge is 2.02. The number of anilines is 1. The number of hydrogen-bond donors (Lipinski definition) is 2. The number of nitrogens with zero attached hydrogens (tertiary/aromatic N) is 1. The van der Waals surface area contributed by atoms with E-state index in [4.69, 9.17) is 5.84 Å². The van der Waals surface area contributed by atoms with Gasteiger partial charge in [-0.3, -0.25) is 10.8 Å². The number of rotatable bonds is 4. The molecule has 1 aromatic heterocycles. The Kier molecular flexibility index (Phi) is 4.05. The standard InChI is InChI=1S/C9H15N3S/c1-3-4-8-9(12-10)5-7(13-2)6-11-8/h5-6,12H,3-4,10H2,1-2H3. The van der Waals surface area contributed by atoms with Crippen LogP contribution in [0, 0.1) is 0 Å². The van der Waals surface area contributed by atoms with Crippen molar-refractivity contribution >= 4 is 17.4 Å². The Morgan fingerprint density at radius 1 is 1.62 bits per heavy atom. The van der Waals surface area contributed by atoms with E-state index in [0.29, 0.717) is 0 Å². The Hall–Kier alpha value is -0.740. The maximum atomic E-state index is 5.41. The van der Waals surface area contributed by atoms with Gasteiger partial charge in [-0.25, -0.2) is 0 Å². The van der Waals surface area contributed by atoms with E-state index >= 15 is 0 Å². The molecule has 0 fully saturated rings. The van der Waals surface area contributed by atoms with Crippen molar-refractivity contribution in [1.29, 1.82) is 0 Å². The molecule has 0 aliphatic rings. The molecule has 0 bridgehead atoms. The van der Waals surface area contributed by atoms with Crippen LogP contribution in [0.15, 0.2) is 17.2 Å². The number of nitrogens with two attached hydrogens (primary N) is 1. The van der Waals surface area contributed by atoms with Gasteiger partial charge in [-0.05, 0) is 18.7 Å². The second-order valence-corrected chi connectivity index (χ2v) is 3.64. The van der Waals surface area contributed by atoms with Gasteiger partial charge in [-0.1, -0.05) is 13.3 Å². The second kappa shape index (κ2) is 5.09. The molecule has 3 N–H and O–H groups in total. The Balaban J connectivity index is 2.93. The van der Waals surface area contributed by atoms with Crippen molar-refractivity contribution in [3.63, 3.8) is 0 Å². The van der Waals surface area contributed by atoms with Gasteiger partial charge < -0.3 is 5.43 Å². The number of aryl methyl sites for hydroxylation is 1. The summed E-state index contributed by atoms with van der Waals surface area (Å²) in [6, 6.07) is 2.03. The Morgan fingerprint density at radius 3 is 2.92 bits per heavy atom. The highest BCUT2D eigenvalue weighted by molar-refractivity contribution is 7.98. The fourth-order valence-corrected chi connectivity index (χ4v) is 1.54. The lowest BCUT2D eigenvalue weighted by Gasteiger charge is -2.07. The lowest BCUT2D eigenvalue weighted by molar-refractivity contribution is 0.877. The number of nitrogen functional groups attached to an aromatic ring is 1. The van der Waals surface area contributed by atoms with Crippen molar-refractivity contribution in [2.24, 2.45) is 5.84 Å². The molecule has 1 heterocycles. The van der Waals surface area contributed by atoms with Gasteiger partial charge in [0.15, 0.2) is 0 Å². The fourth-order valence-electron chi connectivity index (χ4n) is 1.15. The number of hydrogen-bond acceptors (Lipinski definition) is 4. The molecule has 0 spiro atoms. The molecule has 0 aromatic carbocycles. The summed E-state index contributed by atoms with van der Waals surface area (Å²) in [7, 11) is 0. The van der Waals surface area contributed by atoms with E-state index in [1.807, 2.05) is 18.5 Å². The Bertz CT molecular complexity index is 276. The summed E-state index contributed by atoms with van der Waals surface area (Å²) >= 11 is 1.67. The van der Waals surface area contributed by atoms with Gasteiger partial charge in [0.1, 0.15) is 0 Å². The molecule has 4 heteroatoms. The number of aromatic nitrogens is 1. The van der Waals surface area contributed by atoms with Gasteiger partial charge in [0.25, 0.3) is 0 Å². The molecule has 1 aromatic rings. The number of pyridine rings is 1. The molecule has 0 aliphatic heterocycles. The molecule has 3 nitrogen and oxygen atoms in total. The Morgan fingerprint density at radius 2 is 2.38 bits per heavy atom. The topological polar surface area (TPSA) is 50.9 Å². The predicted octanol–water partition coefficient (Wildman–Crippen LogP) is 2.04. The van der Waals surface area contributed by atoms with Crippen LogP contribution in [-0.2, 0) is 6.42 Å². The first-order chi connectivity index (χ1) is 6.31.